The number of amides is 1. The van der Waals surface area contributed by atoms with Gasteiger partial charge in [0.15, 0.2) is 10.8 Å². The van der Waals surface area contributed by atoms with Crippen molar-refractivity contribution in [2.75, 3.05) is 13.1 Å². The quantitative estimate of drug-likeness (QED) is 0.878. The molecule has 0 aliphatic rings. The van der Waals surface area contributed by atoms with E-state index in [0.29, 0.717) is 10.8 Å². The number of nitrogens with zero attached hydrogens (tertiary/aromatic N) is 1. The summed E-state index contributed by atoms with van der Waals surface area (Å²) in [5, 5.41) is 4.12. The highest BCUT2D eigenvalue weighted by atomic mass is 35.5. The molecule has 3 N–H and O–H groups in total. The van der Waals surface area contributed by atoms with E-state index in [1.807, 2.05) is 0 Å². The van der Waals surface area contributed by atoms with E-state index in [-0.39, 0.29) is 18.1 Å². The molecule has 1 amide bonds. The Morgan fingerprint density at radius 2 is 2.24 bits per heavy atom. The van der Waals surface area contributed by atoms with Gasteiger partial charge in [0.1, 0.15) is 11.5 Å². The number of nitrogens with two attached hydrogens (primary N) is 1. The SMILES string of the molecule is Cc1ccc(-c2nc(C(=O)NCC(F)(F)CN)cs2)o1.Cl. The van der Waals surface area contributed by atoms with E-state index in [9.17, 15) is 13.6 Å². The van der Waals surface area contributed by atoms with Crippen molar-refractivity contribution in [1.82, 2.24) is 10.3 Å². The summed E-state index contributed by atoms with van der Waals surface area (Å²) >= 11 is 1.21. The number of carbonyl (C=O) groups excluding carboxylic acids is 1. The lowest BCUT2D eigenvalue weighted by atomic mass is 10.3. The Labute approximate surface area is 130 Å². The first-order valence-corrected chi connectivity index (χ1v) is 6.68. The predicted molar refractivity (Wildman–Crippen MR) is 78.1 cm³/mol. The van der Waals surface area contributed by atoms with E-state index in [2.05, 4.69) is 10.3 Å². The fourth-order valence-electron chi connectivity index (χ4n) is 1.41. The fraction of sp³-hybridized carbons (Fsp3) is 0.333. The number of hydrogen-bond acceptors (Lipinski definition) is 5. The third kappa shape index (κ3) is 4.48. The number of thiazole rings is 1. The Bertz CT molecular complexity index is 615. The largest absolute Gasteiger partial charge is 0.459 e. The third-order valence-electron chi connectivity index (χ3n) is 2.49. The standard InChI is InChI=1S/C12H13F2N3O2S.ClH/c1-7-2-3-9(19-7)11-17-8(4-20-11)10(18)16-6-12(13,14)5-15;/h2-4H,5-6,15H2,1H3,(H,16,18);1H. The third-order valence-corrected chi connectivity index (χ3v) is 3.35. The van der Waals surface area contributed by atoms with Gasteiger partial charge in [-0.15, -0.1) is 23.7 Å². The summed E-state index contributed by atoms with van der Waals surface area (Å²) < 4.78 is 31.2. The molecule has 0 atom stereocenters. The second kappa shape index (κ2) is 6.97. The van der Waals surface area contributed by atoms with Gasteiger partial charge in [-0.2, -0.15) is 0 Å². The zero-order chi connectivity index (χ0) is 14.8. The predicted octanol–water partition coefficient (Wildman–Crippen LogP) is 2.46. The Balaban J connectivity index is 0.00000220. The van der Waals surface area contributed by atoms with Crippen molar-refractivity contribution in [1.29, 1.82) is 0 Å². The number of carbonyl (C=O) groups is 1. The summed E-state index contributed by atoms with van der Waals surface area (Å²) in [6.07, 6.45) is 0. The summed E-state index contributed by atoms with van der Waals surface area (Å²) in [5.41, 5.74) is 4.96. The molecule has 0 saturated carbocycles. The van der Waals surface area contributed by atoms with Crippen molar-refractivity contribution in [2.24, 2.45) is 5.73 Å². The lowest BCUT2D eigenvalue weighted by Gasteiger charge is -2.13. The van der Waals surface area contributed by atoms with Crippen LogP contribution in [0.2, 0.25) is 0 Å². The van der Waals surface area contributed by atoms with Gasteiger partial charge in [-0.1, -0.05) is 0 Å². The van der Waals surface area contributed by atoms with Crippen LogP contribution in [0.3, 0.4) is 0 Å². The first kappa shape index (κ1) is 17.5. The molecule has 0 spiro atoms. The topological polar surface area (TPSA) is 81.2 Å². The zero-order valence-electron chi connectivity index (χ0n) is 11.1. The summed E-state index contributed by atoms with van der Waals surface area (Å²) in [6.45, 7) is 0.163. The minimum Gasteiger partial charge on any atom is -0.459 e. The monoisotopic (exact) mass is 337 g/mol. The van der Waals surface area contributed by atoms with Gasteiger partial charge in [0.05, 0.1) is 13.1 Å². The van der Waals surface area contributed by atoms with Crippen molar-refractivity contribution in [3.05, 3.63) is 29.0 Å². The van der Waals surface area contributed by atoms with Crippen LogP contribution in [0.5, 0.6) is 0 Å². The van der Waals surface area contributed by atoms with Gasteiger partial charge in [0, 0.05) is 5.38 Å². The molecule has 2 aromatic heterocycles. The minimum atomic E-state index is -3.12. The van der Waals surface area contributed by atoms with Crippen LogP contribution in [0.1, 0.15) is 16.2 Å². The van der Waals surface area contributed by atoms with Crippen LogP contribution in [0.25, 0.3) is 10.8 Å². The van der Waals surface area contributed by atoms with E-state index in [4.69, 9.17) is 10.2 Å². The van der Waals surface area contributed by atoms with Crippen LogP contribution >= 0.6 is 23.7 Å². The van der Waals surface area contributed by atoms with E-state index in [1.54, 1.807) is 19.1 Å². The summed E-state index contributed by atoms with van der Waals surface area (Å²) in [5.74, 6) is -2.52. The van der Waals surface area contributed by atoms with Crippen LogP contribution in [-0.4, -0.2) is 29.9 Å². The lowest BCUT2D eigenvalue weighted by Crippen LogP contribution is -2.41. The number of aromatic nitrogens is 1. The molecule has 0 saturated heterocycles. The zero-order valence-corrected chi connectivity index (χ0v) is 12.7. The molecule has 21 heavy (non-hydrogen) atoms. The van der Waals surface area contributed by atoms with Gasteiger partial charge >= 0.3 is 0 Å². The smallest absolute Gasteiger partial charge is 0.277 e. The molecule has 116 valence electrons. The normalized spacial score (nSPS) is 11.0. The molecule has 5 nitrogen and oxygen atoms in total. The molecule has 0 aliphatic heterocycles. The van der Waals surface area contributed by atoms with Crippen LogP contribution in [0.4, 0.5) is 8.78 Å². The number of nitrogens with one attached hydrogen (secondary N) is 1. The molecule has 2 rings (SSSR count). The number of aryl methyl sites for hydroxylation is 1. The molecule has 0 bridgehead atoms. The molecule has 0 aliphatic carbocycles. The highest BCUT2D eigenvalue weighted by molar-refractivity contribution is 7.13. The maximum atomic E-state index is 12.9. The van der Waals surface area contributed by atoms with Crippen molar-refractivity contribution in [3.63, 3.8) is 0 Å². The van der Waals surface area contributed by atoms with E-state index >= 15 is 0 Å². The van der Waals surface area contributed by atoms with Crippen molar-refractivity contribution in [3.8, 4) is 10.8 Å². The van der Waals surface area contributed by atoms with Crippen LogP contribution in [0.15, 0.2) is 21.9 Å². The molecular formula is C12H14ClF2N3O2S. The number of hydrogen-bond donors (Lipinski definition) is 2. The molecule has 2 aromatic rings. The second-order valence-electron chi connectivity index (χ2n) is 4.19. The summed E-state index contributed by atoms with van der Waals surface area (Å²) in [6, 6.07) is 3.51. The van der Waals surface area contributed by atoms with Crippen molar-refractivity contribution >= 4 is 29.7 Å². The van der Waals surface area contributed by atoms with Crippen LogP contribution < -0.4 is 11.1 Å². The summed E-state index contributed by atoms with van der Waals surface area (Å²) in [7, 11) is 0. The Morgan fingerprint density at radius 3 is 2.81 bits per heavy atom. The van der Waals surface area contributed by atoms with Crippen LogP contribution in [-0.2, 0) is 0 Å². The number of furan rings is 1. The molecule has 0 fully saturated rings. The highest BCUT2D eigenvalue weighted by Crippen LogP contribution is 2.25. The molecule has 0 unspecified atom stereocenters. The van der Waals surface area contributed by atoms with Crippen molar-refractivity contribution in [2.45, 2.75) is 12.8 Å². The Kier molecular flexibility index (Phi) is 5.82. The first-order chi connectivity index (χ1) is 9.41. The van der Waals surface area contributed by atoms with E-state index in [0.717, 1.165) is 5.76 Å². The van der Waals surface area contributed by atoms with E-state index < -0.39 is 24.9 Å². The molecule has 2 heterocycles. The molecule has 0 aromatic carbocycles. The van der Waals surface area contributed by atoms with Gasteiger partial charge in [0.25, 0.3) is 11.8 Å². The van der Waals surface area contributed by atoms with Crippen molar-refractivity contribution < 1.29 is 18.0 Å². The summed E-state index contributed by atoms with van der Waals surface area (Å²) in [4.78, 5) is 15.7. The highest BCUT2D eigenvalue weighted by Gasteiger charge is 2.27. The number of rotatable bonds is 5. The Hall–Kier alpha value is -1.51. The van der Waals surface area contributed by atoms with E-state index in [1.165, 1.54) is 16.7 Å². The van der Waals surface area contributed by atoms with Gasteiger partial charge in [-0.05, 0) is 19.1 Å². The average molecular weight is 338 g/mol. The molecule has 0 radical (unpaired) electrons. The fourth-order valence-corrected chi connectivity index (χ4v) is 2.17. The Morgan fingerprint density at radius 1 is 1.52 bits per heavy atom. The van der Waals surface area contributed by atoms with Gasteiger partial charge in [-0.25, -0.2) is 13.8 Å². The van der Waals surface area contributed by atoms with Crippen LogP contribution in [0, 0.1) is 6.92 Å². The van der Waals surface area contributed by atoms with Gasteiger partial charge in [-0.3, -0.25) is 4.79 Å². The number of halogens is 3. The average Bonchev–Trinajstić information content (AvgIpc) is 3.04. The van der Waals surface area contributed by atoms with Gasteiger partial charge < -0.3 is 15.5 Å². The van der Waals surface area contributed by atoms with Gasteiger partial charge in [0.2, 0.25) is 0 Å². The first-order valence-electron chi connectivity index (χ1n) is 5.80. The minimum absolute atomic E-state index is 0. The number of alkyl halides is 2. The molecular weight excluding hydrogens is 324 g/mol. The molecule has 9 heteroatoms. The maximum Gasteiger partial charge on any atom is 0.277 e. The lowest BCUT2D eigenvalue weighted by molar-refractivity contribution is 0.0118. The second-order valence-corrected chi connectivity index (χ2v) is 5.05. The maximum absolute atomic E-state index is 12.9.